The van der Waals surface area contributed by atoms with Crippen LogP contribution in [0.3, 0.4) is 0 Å². The first-order chi connectivity index (χ1) is 11.7. The molecule has 1 aromatic rings. The van der Waals surface area contributed by atoms with Crippen LogP contribution in [0.2, 0.25) is 5.02 Å². The summed E-state index contributed by atoms with van der Waals surface area (Å²) in [5.41, 5.74) is 0.0655. The quantitative estimate of drug-likeness (QED) is 0.460. The Morgan fingerprint density at radius 3 is 2.60 bits per heavy atom. The van der Waals surface area contributed by atoms with Gasteiger partial charge in [0.25, 0.3) is 0 Å². The van der Waals surface area contributed by atoms with E-state index in [0.717, 1.165) is 18.9 Å². The molecular weight excluding hydrogens is 365 g/mol. The fraction of sp³-hybridized carbons (Fsp3) is 0.556. The molecule has 1 rings (SSSR count). The van der Waals surface area contributed by atoms with E-state index < -0.39 is 11.1 Å². The van der Waals surface area contributed by atoms with Gasteiger partial charge in [0.2, 0.25) is 5.91 Å². The van der Waals surface area contributed by atoms with Gasteiger partial charge in [-0.05, 0) is 31.4 Å². The summed E-state index contributed by atoms with van der Waals surface area (Å²) in [6.45, 7) is 7.93. The topological polar surface area (TPSA) is 55.4 Å². The maximum absolute atomic E-state index is 14.0. The number of carbonyl (C=O) groups excluding carboxylic acids is 2. The molecule has 1 aromatic carbocycles. The zero-order valence-electron chi connectivity index (χ0n) is 15.0. The van der Waals surface area contributed by atoms with Gasteiger partial charge in [0.1, 0.15) is 11.1 Å². The van der Waals surface area contributed by atoms with Crippen molar-refractivity contribution in [1.29, 1.82) is 0 Å². The number of halogens is 2. The zero-order valence-corrected chi connectivity index (χ0v) is 16.6. The second kappa shape index (κ2) is 10.7. The molecule has 0 bridgehead atoms. The van der Waals surface area contributed by atoms with E-state index >= 15 is 0 Å². The van der Waals surface area contributed by atoms with Crippen LogP contribution in [0.1, 0.15) is 47.0 Å². The minimum atomic E-state index is -0.603. The number of hydrogen-bond donors (Lipinski definition) is 1. The number of anilines is 1. The molecule has 1 N–H and O–H groups in total. The van der Waals surface area contributed by atoms with Crippen molar-refractivity contribution >= 4 is 40.9 Å². The first kappa shape index (κ1) is 21.8. The van der Waals surface area contributed by atoms with Crippen LogP contribution in [-0.2, 0) is 14.3 Å². The van der Waals surface area contributed by atoms with Crippen LogP contribution < -0.4 is 5.32 Å². The highest BCUT2D eigenvalue weighted by atomic mass is 35.5. The molecule has 1 amide bonds. The molecule has 1 atom stereocenters. The Morgan fingerprint density at radius 1 is 1.32 bits per heavy atom. The molecule has 0 spiro atoms. The average Bonchev–Trinajstić information content (AvgIpc) is 2.54. The van der Waals surface area contributed by atoms with E-state index in [1.54, 1.807) is 6.92 Å². The minimum absolute atomic E-state index is 0.0655. The second-order valence-corrected chi connectivity index (χ2v) is 7.99. The van der Waals surface area contributed by atoms with E-state index in [9.17, 15) is 14.0 Å². The molecule has 0 aliphatic rings. The molecule has 0 heterocycles. The van der Waals surface area contributed by atoms with Crippen LogP contribution in [0.5, 0.6) is 0 Å². The van der Waals surface area contributed by atoms with Gasteiger partial charge in [-0.3, -0.25) is 9.59 Å². The maximum Gasteiger partial charge on any atom is 0.319 e. The molecule has 0 fully saturated rings. The minimum Gasteiger partial charge on any atom is -0.465 e. The lowest BCUT2D eigenvalue weighted by Crippen LogP contribution is -2.19. The standard InChI is InChI=1S/C18H25ClFNO3S/c1-5-6-7-17(22)21-15-9-16(13(19)8-14(15)20)25-12(4)18(23)24-10-11(2)3/h8-9,11-12H,5-7,10H2,1-4H3,(H,21,22). The summed E-state index contributed by atoms with van der Waals surface area (Å²) in [5, 5.41) is 2.25. The molecule has 0 saturated carbocycles. The Bertz CT molecular complexity index is 610. The summed E-state index contributed by atoms with van der Waals surface area (Å²) in [5.74, 6) is -0.953. The van der Waals surface area contributed by atoms with Crippen molar-refractivity contribution in [1.82, 2.24) is 0 Å². The van der Waals surface area contributed by atoms with Gasteiger partial charge in [-0.15, -0.1) is 11.8 Å². The van der Waals surface area contributed by atoms with Crippen LogP contribution in [-0.4, -0.2) is 23.7 Å². The number of amides is 1. The third kappa shape index (κ3) is 7.65. The van der Waals surface area contributed by atoms with Gasteiger partial charge >= 0.3 is 5.97 Å². The number of hydrogen-bond acceptors (Lipinski definition) is 4. The third-order valence-electron chi connectivity index (χ3n) is 3.25. The number of thioether (sulfide) groups is 1. The summed E-state index contributed by atoms with van der Waals surface area (Å²) < 4.78 is 19.2. The van der Waals surface area contributed by atoms with E-state index in [2.05, 4.69) is 5.32 Å². The summed E-state index contributed by atoms with van der Waals surface area (Å²) in [4.78, 5) is 24.3. The van der Waals surface area contributed by atoms with Crippen molar-refractivity contribution in [3.05, 3.63) is 23.0 Å². The lowest BCUT2D eigenvalue weighted by Gasteiger charge is -2.15. The Kier molecular flexibility index (Phi) is 9.28. The first-order valence-corrected chi connectivity index (χ1v) is 9.62. The molecule has 0 radical (unpaired) electrons. The molecule has 7 heteroatoms. The summed E-state index contributed by atoms with van der Waals surface area (Å²) in [7, 11) is 0. The van der Waals surface area contributed by atoms with E-state index in [4.69, 9.17) is 16.3 Å². The number of esters is 1. The summed E-state index contributed by atoms with van der Waals surface area (Å²) >= 11 is 7.25. The molecule has 0 aliphatic heterocycles. The van der Waals surface area contributed by atoms with E-state index in [-0.39, 0.29) is 28.5 Å². The van der Waals surface area contributed by atoms with Crippen LogP contribution >= 0.6 is 23.4 Å². The summed E-state index contributed by atoms with van der Waals surface area (Å²) in [6, 6.07) is 2.60. The molecular formula is C18H25ClFNO3S. The van der Waals surface area contributed by atoms with Gasteiger partial charge in [0.05, 0.1) is 17.3 Å². The number of unbranched alkanes of at least 4 members (excludes halogenated alkanes) is 1. The molecule has 0 aliphatic carbocycles. The van der Waals surface area contributed by atoms with Gasteiger partial charge in [0.15, 0.2) is 0 Å². The van der Waals surface area contributed by atoms with Gasteiger partial charge in [-0.2, -0.15) is 0 Å². The molecule has 0 saturated heterocycles. The lowest BCUT2D eigenvalue weighted by atomic mass is 10.2. The Balaban J connectivity index is 2.80. The van der Waals surface area contributed by atoms with Gasteiger partial charge < -0.3 is 10.1 Å². The van der Waals surface area contributed by atoms with Crippen LogP contribution in [0.4, 0.5) is 10.1 Å². The highest BCUT2D eigenvalue weighted by molar-refractivity contribution is 8.00. The predicted molar refractivity (Wildman–Crippen MR) is 101 cm³/mol. The predicted octanol–water partition coefficient (Wildman–Crippen LogP) is 5.29. The Hall–Kier alpha value is -1.27. The fourth-order valence-corrected chi connectivity index (χ4v) is 3.06. The maximum atomic E-state index is 14.0. The number of carbonyl (C=O) groups is 2. The van der Waals surface area contributed by atoms with E-state index in [1.165, 1.54) is 17.8 Å². The number of nitrogens with one attached hydrogen (secondary N) is 1. The zero-order chi connectivity index (χ0) is 19.0. The summed E-state index contributed by atoms with van der Waals surface area (Å²) in [6.07, 6.45) is 1.95. The van der Waals surface area contributed by atoms with E-state index in [0.29, 0.717) is 17.9 Å². The third-order valence-corrected chi connectivity index (χ3v) is 4.81. The SMILES string of the molecule is CCCCC(=O)Nc1cc(SC(C)C(=O)OCC(C)C)c(Cl)cc1F. The van der Waals surface area contributed by atoms with Crippen molar-refractivity contribution in [2.75, 3.05) is 11.9 Å². The largest absolute Gasteiger partial charge is 0.465 e. The van der Waals surface area contributed by atoms with Gasteiger partial charge in [-0.1, -0.05) is 38.8 Å². The van der Waals surface area contributed by atoms with Crippen molar-refractivity contribution < 1.29 is 18.7 Å². The fourth-order valence-electron chi connectivity index (χ4n) is 1.87. The molecule has 140 valence electrons. The first-order valence-electron chi connectivity index (χ1n) is 8.36. The molecule has 1 unspecified atom stereocenters. The van der Waals surface area contributed by atoms with Crippen molar-refractivity contribution in [3.8, 4) is 0 Å². The Morgan fingerprint density at radius 2 is 2.00 bits per heavy atom. The lowest BCUT2D eigenvalue weighted by molar-refractivity contribution is -0.143. The van der Waals surface area contributed by atoms with Crippen LogP contribution in [0.25, 0.3) is 0 Å². The Labute approximate surface area is 157 Å². The molecule has 0 aromatic heterocycles. The smallest absolute Gasteiger partial charge is 0.319 e. The molecule has 25 heavy (non-hydrogen) atoms. The van der Waals surface area contributed by atoms with Crippen LogP contribution in [0, 0.1) is 11.7 Å². The normalized spacial score (nSPS) is 12.1. The van der Waals surface area contributed by atoms with Crippen molar-refractivity contribution in [2.24, 2.45) is 5.92 Å². The van der Waals surface area contributed by atoms with Crippen molar-refractivity contribution in [2.45, 2.75) is 57.1 Å². The number of benzene rings is 1. The van der Waals surface area contributed by atoms with Crippen LogP contribution in [0.15, 0.2) is 17.0 Å². The molecule has 4 nitrogen and oxygen atoms in total. The van der Waals surface area contributed by atoms with Gasteiger partial charge in [-0.25, -0.2) is 4.39 Å². The monoisotopic (exact) mass is 389 g/mol. The number of ether oxygens (including phenoxy) is 1. The highest BCUT2D eigenvalue weighted by Gasteiger charge is 2.20. The van der Waals surface area contributed by atoms with Gasteiger partial charge in [0, 0.05) is 11.3 Å². The second-order valence-electron chi connectivity index (χ2n) is 6.20. The van der Waals surface area contributed by atoms with E-state index in [1.807, 2.05) is 20.8 Å². The number of rotatable bonds is 9. The highest BCUT2D eigenvalue weighted by Crippen LogP contribution is 2.34. The van der Waals surface area contributed by atoms with Crippen molar-refractivity contribution in [3.63, 3.8) is 0 Å². The average molecular weight is 390 g/mol.